The molecular formula is C9H9ClN2S. The van der Waals surface area contributed by atoms with Crippen LogP contribution in [0.1, 0.15) is 5.56 Å². The van der Waals surface area contributed by atoms with Gasteiger partial charge in [-0.3, -0.25) is 4.68 Å². The molecule has 0 aromatic carbocycles. The number of aromatic nitrogens is 2. The molecule has 0 amide bonds. The van der Waals surface area contributed by atoms with E-state index in [4.69, 9.17) is 11.6 Å². The van der Waals surface area contributed by atoms with Gasteiger partial charge in [0.15, 0.2) is 0 Å². The van der Waals surface area contributed by atoms with Gasteiger partial charge in [0.05, 0.1) is 11.2 Å². The fourth-order valence-corrected chi connectivity index (χ4v) is 2.00. The highest BCUT2D eigenvalue weighted by Gasteiger charge is 1.96. The zero-order valence-corrected chi connectivity index (χ0v) is 8.55. The third kappa shape index (κ3) is 2.32. The van der Waals surface area contributed by atoms with E-state index in [0.717, 1.165) is 13.0 Å². The van der Waals surface area contributed by atoms with E-state index in [-0.39, 0.29) is 0 Å². The standard InChI is InChI=1S/C9H9ClN2S/c10-9-5-11-12(6-9)3-1-8-2-4-13-7-8/h2,4-7H,1,3H2. The number of rotatable bonds is 3. The van der Waals surface area contributed by atoms with E-state index in [2.05, 4.69) is 21.9 Å². The third-order valence-electron chi connectivity index (χ3n) is 1.81. The Hall–Kier alpha value is -0.800. The molecule has 0 radical (unpaired) electrons. The van der Waals surface area contributed by atoms with Crippen molar-refractivity contribution in [3.05, 3.63) is 39.8 Å². The Morgan fingerprint density at radius 1 is 1.54 bits per heavy atom. The van der Waals surface area contributed by atoms with E-state index in [9.17, 15) is 0 Å². The van der Waals surface area contributed by atoms with Gasteiger partial charge in [-0.1, -0.05) is 11.6 Å². The summed E-state index contributed by atoms with van der Waals surface area (Å²) in [4.78, 5) is 0. The van der Waals surface area contributed by atoms with Crippen LogP contribution in [0.15, 0.2) is 29.2 Å². The molecule has 4 heteroatoms. The average Bonchev–Trinajstić information content (AvgIpc) is 2.71. The highest BCUT2D eigenvalue weighted by molar-refractivity contribution is 7.07. The topological polar surface area (TPSA) is 17.8 Å². The third-order valence-corrected chi connectivity index (χ3v) is 2.74. The minimum Gasteiger partial charge on any atom is -0.271 e. The fraction of sp³-hybridized carbons (Fsp3) is 0.222. The molecule has 2 rings (SSSR count). The van der Waals surface area contributed by atoms with E-state index in [1.807, 2.05) is 10.9 Å². The second-order valence-corrected chi connectivity index (χ2v) is 4.02. The number of thiophene rings is 1. The molecule has 0 saturated carbocycles. The number of hydrogen-bond donors (Lipinski definition) is 0. The summed E-state index contributed by atoms with van der Waals surface area (Å²) < 4.78 is 1.86. The van der Waals surface area contributed by atoms with E-state index in [1.54, 1.807) is 17.5 Å². The summed E-state index contributed by atoms with van der Waals surface area (Å²) in [7, 11) is 0. The van der Waals surface area contributed by atoms with Crippen LogP contribution in [0.25, 0.3) is 0 Å². The zero-order valence-electron chi connectivity index (χ0n) is 6.98. The molecule has 0 spiro atoms. The van der Waals surface area contributed by atoms with Crippen molar-refractivity contribution in [1.82, 2.24) is 9.78 Å². The first kappa shape index (κ1) is 8.78. The van der Waals surface area contributed by atoms with Gasteiger partial charge >= 0.3 is 0 Å². The van der Waals surface area contributed by atoms with Crippen LogP contribution in [0.4, 0.5) is 0 Å². The monoisotopic (exact) mass is 212 g/mol. The van der Waals surface area contributed by atoms with Gasteiger partial charge in [-0.25, -0.2) is 0 Å². The van der Waals surface area contributed by atoms with Crippen molar-refractivity contribution in [2.45, 2.75) is 13.0 Å². The fourth-order valence-electron chi connectivity index (χ4n) is 1.14. The van der Waals surface area contributed by atoms with E-state index in [0.29, 0.717) is 5.02 Å². The van der Waals surface area contributed by atoms with Crippen LogP contribution >= 0.6 is 22.9 Å². The first-order valence-corrected chi connectivity index (χ1v) is 5.36. The smallest absolute Gasteiger partial charge is 0.0785 e. The molecule has 2 heterocycles. The van der Waals surface area contributed by atoms with Crippen molar-refractivity contribution in [3.63, 3.8) is 0 Å². The normalized spacial score (nSPS) is 10.5. The molecule has 0 bridgehead atoms. The maximum atomic E-state index is 5.74. The van der Waals surface area contributed by atoms with Crippen LogP contribution in [0.3, 0.4) is 0 Å². The first-order valence-electron chi connectivity index (χ1n) is 4.03. The number of aryl methyl sites for hydroxylation is 2. The molecule has 0 aliphatic rings. The van der Waals surface area contributed by atoms with Gasteiger partial charge < -0.3 is 0 Å². The van der Waals surface area contributed by atoms with Crippen LogP contribution in [-0.4, -0.2) is 9.78 Å². The van der Waals surface area contributed by atoms with Crippen molar-refractivity contribution >= 4 is 22.9 Å². The Bertz CT molecular complexity index is 367. The highest BCUT2D eigenvalue weighted by Crippen LogP contribution is 2.09. The van der Waals surface area contributed by atoms with Crippen LogP contribution in [0.5, 0.6) is 0 Å². The molecule has 0 atom stereocenters. The van der Waals surface area contributed by atoms with Crippen molar-refractivity contribution in [1.29, 1.82) is 0 Å². The maximum absolute atomic E-state index is 5.74. The van der Waals surface area contributed by atoms with Crippen LogP contribution in [0, 0.1) is 0 Å². The molecule has 2 aromatic rings. The Morgan fingerprint density at radius 3 is 3.08 bits per heavy atom. The molecule has 0 fully saturated rings. The summed E-state index contributed by atoms with van der Waals surface area (Å²) in [5.41, 5.74) is 1.36. The highest BCUT2D eigenvalue weighted by atomic mass is 35.5. The lowest BCUT2D eigenvalue weighted by molar-refractivity contribution is 0.615. The summed E-state index contributed by atoms with van der Waals surface area (Å²) in [6.07, 6.45) is 4.52. The molecule has 0 unspecified atom stereocenters. The van der Waals surface area contributed by atoms with E-state index >= 15 is 0 Å². The summed E-state index contributed by atoms with van der Waals surface area (Å²) in [5.74, 6) is 0. The second kappa shape index (κ2) is 3.94. The SMILES string of the molecule is Clc1cnn(CCc2ccsc2)c1. The van der Waals surface area contributed by atoms with Crippen molar-refractivity contribution < 1.29 is 0 Å². The molecule has 0 saturated heterocycles. The van der Waals surface area contributed by atoms with E-state index < -0.39 is 0 Å². The van der Waals surface area contributed by atoms with Crippen LogP contribution in [0.2, 0.25) is 5.02 Å². The minimum atomic E-state index is 0.699. The number of nitrogens with zero attached hydrogens (tertiary/aromatic N) is 2. The van der Waals surface area contributed by atoms with Crippen molar-refractivity contribution in [2.24, 2.45) is 0 Å². The average molecular weight is 213 g/mol. The Kier molecular flexibility index (Phi) is 2.66. The van der Waals surface area contributed by atoms with Gasteiger partial charge in [-0.2, -0.15) is 16.4 Å². The second-order valence-electron chi connectivity index (χ2n) is 2.80. The maximum Gasteiger partial charge on any atom is 0.0785 e. The minimum absolute atomic E-state index is 0.699. The quantitative estimate of drug-likeness (QED) is 0.765. The van der Waals surface area contributed by atoms with Gasteiger partial charge in [-0.05, 0) is 28.8 Å². The lowest BCUT2D eigenvalue weighted by atomic mass is 10.2. The predicted octanol–water partition coefficient (Wildman–Crippen LogP) is 2.84. The molecule has 0 aliphatic heterocycles. The lowest BCUT2D eigenvalue weighted by Gasteiger charge is -1.98. The van der Waals surface area contributed by atoms with Gasteiger partial charge in [-0.15, -0.1) is 0 Å². The molecule has 13 heavy (non-hydrogen) atoms. The largest absolute Gasteiger partial charge is 0.271 e. The van der Waals surface area contributed by atoms with Crippen molar-refractivity contribution in [3.8, 4) is 0 Å². The molecule has 0 N–H and O–H groups in total. The lowest BCUT2D eigenvalue weighted by Crippen LogP contribution is -2.00. The van der Waals surface area contributed by atoms with Crippen LogP contribution < -0.4 is 0 Å². The number of halogens is 1. The summed E-state index contributed by atoms with van der Waals surface area (Å²) in [6.45, 7) is 0.892. The first-order chi connectivity index (χ1) is 6.34. The molecule has 2 nitrogen and oxygen atoms in total. The molecule has 68 valence electrons. The Labute approximate surface area is 85.8 Å². The van der Waals surface area contributed by atoms with Gasteiger partial charge in [0.25, 0.3) is 0 Å². The summed E-state index contributed by atoms with van der Waals surface area (Å²) in [6, 6.07) is 2.13. The van der Waals surface area contributed by atoms with Crippen molar-refractivity contribution in [2.75, 3.05) is 0 Å². The Morgan fingerprint density at radius 2 is 2.46 bits per heavy atom. The molecule has 0 aliphatic carbocycles. The summed E-state index contributed by atoms with van der Waals surface area (Å²) in [5, 5.41) is 9.05. The number of hydrogen-bond acceptors (Lipinski definition) is 2. The molecular weight excluding hydrogens is 204 g/mol. The zero-order chi connectivity index (χ0) is 9.10. The van der Waals surface area contributed by atoms with Gasteiger partial charge in [0.2, 0.25) is 0 Å². The summed E-state index contributed by atoms with van der Waals surface area (Å²) >= 11 is 7.46. The predicted molar refractivity (Wildman–Crippen MR) is 55.3 cm³/mol. The van der Waals surface area contributed by atoms with Crippen LogP contribution in [-0.2, 0) is 13.0 Å². The Balaban J connectivity index is 1.93. The molecule has 2 aromatic heterocycles. The van der Waals surface area contributed by atoms with Gasteiger partial charge in [0, 0.05) is 12.7 Å². The van der Waals surface area contributed by atoms with E-state index in [1.165, 1.54) is 5.56 Å². The van der Waals surface area contributed by atoms with Gasteiger partial charge in [0.1, 0.15) is 0 Å².